The highest BCUT2D eigenvalue weighted by Crippen LogP contribution is 2.39. The zero-order valence-electron chi connectivity index (χ0n) is 21.3. The molecule has 210 valence electrons. The van der Waals surface area contributed by atoms with Gasteiger partial charge in [-0.25, -0.2) is 18.6 Å². The maximum atomic E-state index is 14.6. The Morgan fingerprint density at radius 3 is 2.77 bits per heavy atom. The number of nitrogens with one attached hydrogen (secondary N) is 1. The van der Waals surface area contributed by atoms with Crippen molar-refractivity contribution in [2.75, 3.05) is 20.2 Å². The molecule has 3 atom stereocenters. The van der Waals surface area contributed by atoms with Crippen LogP contribution < -0.4 is 5.32 Å². The van der Waals surface area contributed by atoms with Gasteiger partial charge in [-0.05, 0) is 25.0 Å². The fourth-order valence-corrected chi connectivity index (χ4v) is 5.99. The van der Waals surface area contributed by atoms with Crippen LogP contribution in [0, 0.1) is 5.92 Å². The summed E-state index contributed by atoms with van der Waals surface area (Å²) in [5.41, 5.74) is 1.01. The highest BCUT2D eigenvalue weighted by atomic mass is 35.5. The van der Waals surface area contributed by atoms with Crippen molar-refractivity contribution in [1.82, 2.24) is 15.2 Å². The van der Waals surface area contributed by atoms with E-state index in [1.54, 1.807) is 41.6 Å². The Kier molecular flexibility index (Phi) is 9.25. The Labute approximate surface area is 238 Å². The first-order valence-corrected chi connectivity index (χ1v) is 14.0. The molecule has 8 nitrogen and oxygen atoms in total. The third kappa shape index (κ3) is 6.95. The summed E-state index contributed by atoms with van der Waals surface area (Å²) in [6.07, 6.45) is 2.53. The number of benzene rings is 1. The number of carboxylic acid groups (broad SMARTS) is 1. The van der Waals surface area contributed by atoms with Crippen molar-refractivity contribution in [2.45, 2.75) is 50.6 Å². The molecule has 39 heavy (non-hydrogen) atoms. The minimum Gasteiger partial charge on any atom is -0.481 e. The van der Waals surface area contributed by atoms with E-state index in [2.05, 4.69) is 10.3 Å². The molecule has 1 aromatic carbocycles. The molecule has 2 aliphatic heterocycles. The van der Waals surface area contributed by atoms with Gasteiger partial charge in [0.05, 0.1) is 25.1 Å². The van der Waals surface area contributed by atoms with E-state index in [1.807, 2.05) is 0 Å². The van der Waals surface area contributed by atoms with Crippen LogP contribution >= 0.6 is 34.5 Å². The van der Waals surface area contributed by atoms with E-state index in [9.17, 15) is 18.4 Å². The number of ether oxygens (including phenoxy) is 1. The third-order valence-corrected chi connectivity index (χ3v) is 8.21. The maximum Gasteiger partial charge on any atom is 0.338 e. The SMILES string of the molecule is COC(=O)C1=C(CN2CC(F)(F)C[C@H]2CCCC(C)C(=O)O)NC(c2nccs2)=N[C@H]1c1ccc(Cl)cc1Cl. The van der Waals surface area contributed by atoms with Crippen LogP contribution in [0.3, 0.4) is 0 Å². The van der Waals surface area contributed by atoms with Crippen molar-refractivity contribution in [3.63, 3.8) is 0 Å². The number of amidine groups is 1. The van der Waals surface area contributed by atoms with Crippen LogP contribution in [-0.4, -0.2) is 64.9 Å². The molecule has 1 aromatic heterocycles. The summed E-state index contributed by atoms with van der Waals surface area (Å²) in [5.74, 6) is -4.69. The molecule has 2 aliphatic rings. The Bertz CT molecular complexity index is 1290. The molecular formula is C26H28Cl2F2N4O4S. The van der Waals surface area contributed by atoms with Gasteiger partial charge in [0.1, 0.15) is 6.04 Å². The molecule has 0 bridgehead atoms. The summed E-state index contributed by atoms with van der Waals surface area (Å²) in [4.78, 5) is 35.0. The number of aromatic nitrogens is 1. The van der Waals surface area contributed by atoms with Gasteiger partial charge in [0, 0.05) is 51.9 Å². The van der Waals surface area contributed by atoms with Gasteiger partial charge in [-0.15, -0.1) is 11.3 Å². The number of halogens is 4. The van der Waals surface area contributed by atoms with Crippen molar-refractivity contribution in [1.29, 1.82) is 0 Å². The first-order chi connectivity index (χ1) is 18.5. The van der Waals surface area contributed by atoms with Gasteiger partial charge in [0.15, 0.2) is 10.8 Å². The summed E-state index contributed by atoms with van der Waals surface area (Å²) < 4.78 is 34.4. The summed E-state index contributed by atoms with van der Waals surface area (Å²) in [6.45, 7) is 1.09. The van der Waals surface area contributed by atoms with E-state index in [0.717, 1.165) is 0 Å². The largest absolute Gasteiger partial charge is 0.481 e. The Morgan fingerprint density at radius 1 is 1.36 bits per heavy atom. The molecule has 4 rings (SSSR count). The topological polar surface area (TPSA) is 104 Å². The average molecular weight is 602 g/mol. The number of aliphatic carboxylic acids is 1. The summed E-state index contributed by atoms with van der Waals surface area (Å²) in [7, 11) is 1.24. The van der Waals surface area contributed by atoms with Gasteiger partial charge in [0.25, 0.3) is 5.92 Å². The molecule has 13 heteroatoms. The minimum absolute atomic E-state index is 0.00865. The number of methoxy groups -OCH3 is 1. The highest BCUT2D eigenvalue weighted by Gasteiger charge is 2.45. The quantitative estimate of drug-likeness (QED) is 0.344. The van der Waals surface area contributed by atoms with E-state index in [1.165, 1.54) is 18.4 Å². The van der Waals surface area contributed by atoms with Gasteiger partial charge in [-0.2, -0.15) is 0 Å². The molecule has 0 radical (unpaired) electrons. The number of likely N-dealkylation sites (tertiary alicyclic amines) is 1. The van der Waals surface area contributed by atoms with Gasteiger partial charge >= 0.3 is 11.9 Å². The van der Waals surface area contributed by atoms with E-state index < -0.39 is 42.4 Å². The normalized spacial score (nSPS) is 21.8. The monoisotopic (exact) mass is 600 g/mol. The van der Waals surface area contributed by atoms with Crippen molar-refractivity contribution >= 4 is 52.3 Å². The zero-order chi connectivity index (χ0) is 28.3. The molecule has 2 aromatic rings. The average Bonchev–Trinajstić information content (AvgIpc) is 3.51. The molecular weight excluding hydrogens is 573 g/mol. The molecule has 0 spiro atoms. The zero-order valence-corrected chi connectivity index (χ0v) is 23.6. The van der Waals surface area contributed by atoms with Crippen LogP contribution in [0.5, 0.6) is 0 Å². The molecule has 0 saturated carbocycles. The number of carboxylic acids is 1. The van der Waals surface area contributed by atoms with Crippen molar-refractivity contribution < 1.29 is 28.2 Å². The Hall–Kier alpha value is -2.60. The standard InChI is InChI=1S/C26H28Cl2F2N4O4S/c1-14(24(35)36)4-3-5-16-11-26(29,30)13-34(16)12-19-20(25(37)38-2)21(17-7-6-15(27)10-18(17)28)33-22(32-19)23-31-8-9-39-23/h6-10,14,16,21H,3-5,11-13H2,1-2H3,(H,32,33)(H,35,36)/t14?,16-,21+/m1/s1. The number of rotatable bonds is 10. The number of aliphatic imine (C=N–C) groups is 1. The van der Waals surface area contributed by atoms with Crippen molar-refractivity contribution in [3.8, 4) is 0 Å². The van der Waals surface area contributed by atoms with Crippen LogP contribution in [0.1, 0.15) is 49.2 Å². The van der Waals surface area contributed by atoms with Crippen LogP contribution in [0.4, 0.5) is 8.78 Å². The summed E-state index contributed by atoms with van der Waals surface area (Å²) in [6, 6.07) is 3.44. The van der Waals surface area contributed by atoms with Crippen LogP contribution in [-0.2, 0) is 14.3 Å². The third-order valence-electron chi connectivity index (χ3n) is 6.87. The lowest BCUT2D eigenvalue weighted by Gasteiger charge is -2.31. The lowest BCUT2D eigenvalue weighted by molar-refractivity contribution is -0.141. The minimum atomic E-state index is -2.92. The van der Waals surface area contributed by atoms with E-state index in [0.29, 0.717) is 46.4 Å². The number of esters is 1. The van der Waals surface area contributed by atoms with E-state index >= 15 is 0 Å². The Morgan fingerprint density at radius 2 is 2.13 bits per heavy atom. The molecule has 3 heterocycles. The lowest BCUT2D eigenvalue weighted by atomic mass is 9.95. The molecule has 0 amide bonds. The molecule has 1 fully saturated rings. The smallest absolute Gasteiger partial charge is 0.338 e. The predicted octanol–water partition coefficient (Wildman–Crippen LogP) is 5.57. The number of hydrogen-bond acceptors (Lipinski definition) is 8. The number of alkyl halides is 2. The molecule has 2 N–H and O–H groups in total. The number of hydrogen-bond donors (Lipinski definition) is 2. The van der Waals surface area contributed by atoms with Crippen molar-refractivity contribution in [2.24, 2.45) is 10.9 Å². The maximum absolute atomic E-state index is 14.6. The summed E-state index contributed by atoms with van der Waals surface area (Å²) in [5, 5.41) is 15.3. The number of carbonyl (C=O) groups is 2. The first kappa shape index (κ1) is 29.4. The van der Waals surface area contributed by atoms with Gasteiger partial charge in [-0.1, -0.05) is 42.6 Å². The fourth-order valence-electron chi connectivity index (χ4n) is 4.89. The van der Waals surface area contributed by atoms with Gasteiger partial charge in [-0.3, -0.25) is 14.7 Å². The van der Waals surface area contributed by atoms with Crippen LogP contribution in [0.2, 0.25) is 10.0 Å². The van der Waals surface area contributed by atoms with Gasteiger partial charge in [0.2, 0.25) is 0 Å². The van der Waals surface area contributed by atoms with Crippen LogP contribution in [0.25, 0.3) is 0 Å². The number of nitrogens with zero attached hydrogens (tertiary/aromatic N) is 3. The van der Waals surface area contributed by atoms with Crippen molar-refractivity contribution in [3.05, 3.63) is 61.7 Å². The predicted molar refractivity (Wildman–Crippen MR) is 146 cm³/mol. The van der Waals surface area contributed by atoms with E-state index in [-0.39, 0.29) is 23.6 Å². The second kappa shape index (κ2) is 12.3. The van der Waals surface area contributed by atoms with E-state index in [4.69, 9.17) is 38.0 Å². The number of thiazole rings is 1. The molecule has 1 unspecified atom stereocenters. The molecule has 1 saturated heterocycles. The lowest BCUT2D eigenvalue weighted by Crippen LogP contribution is -2.41. The first-order valence-electron chi connectivity index (χ1n) is 12.3. The Balaban J connectivity index is 1.71. The fraction of sp³-hybridized carbons (Fsp3) is 0.462. The van der Waals surface area contributed by atoms with Gasteiger partial charge < -0.3 is 15.2 Å². The summed E-state index contributed by atoms with van der Waals surface area (Å²) >= 11 is 14.0. The number of carbonyl (C=O) groups excluding carboxylic acids is 1. The second-order valence-electron chi connectivity index (χ2n) is 9.68. The molecule has 0 aliphatic carbocycles. The van der Waals surface area contributed by atoms with Crippen LogP contribution in [0.15, 0.2) is 46.0 Å². The highest BCUT2D eigenvalue weighted by molar-refractivity contribution is 7.11. The second-order valence-corrected chi connectivity index (χ2v) is 11.4.